The van der Waals surface area contributed by atoms with E-state index < -0.39 is 0 Å². The molecule has 0 bridgehead atoms. The van der Waals surface area contributed by atoms with Gasteiger partial charge >= 0.3 is 0 Å². The summed E-state index contributed by atoms with van der Waals surface area (Å²) in [6.45, 7) is 4.31. The minimum absolute atomic E-state index is 0.263. The Morgan fingerprint density at radius 1 is 1.43 bits per heavy atom. The molecule has 0 saturated carbocycles. The highest BCUT2D eigenvalue weighted by Gasteiger charge is 2.09. The first-order chi connectivity index (χ1) is 6.65. The van der Waals surface area contributed by atoms with Crippen molar-refractivity contribution in [2.45, 2.75) is 32.6 Å². The van der Waals surface area contributed by atoms with Gasteiger partial charge in [0, 0.05) is 0 Å². The fourth-order valence-electron chi connectivity index (χ4n) is 1.58. The van der Waals surface area contributed by atoms with E-state index in [4.69, 9.17) is 5.73 Å². The smallest absolute Gasteiger partial charge is 0.221 e. The number of primary amides is 1. The summed E-state index contributed by atoms with van der Waals surface area (Å²) in [5.74, 6) is 0.228. The van der Waals surface area contributed by atoms with Crippen LogP contribution >= 0.6 is 0 Å². The normalized spacial score (nSPS) is 12.4. The van der Waals surface area contributed by atoms with Crippen molar-refractivity contribution in [3.05, 3.63) is 35.4 Å². The van der Waals surface area contributed by atoms with Crippen LogP contribution in [0.3, 0.4) is 0 Å². The Hall–Kier alpha value is -1.31. The van der Waals surface area contributed by atoms with E-state index in [2.05, 4.69) is 19.9 Å². The third kappa shape index (κ3) is 2.59. The van der Waals surface area contributed by atoms with Gasteiger partial charge in [0.25, 0.3) is 0 Å². The highest BCUT2D eigenvalue weighted by molar-refractivity contribution is 5.77. The van der Waals surface area contributed by atoms with Gasteiger partial charge in [-0.25, -0.2) is 0 Å². The molecular formula is C12H17NO. The second-order valence-electron chi connectivity index (χ2n) is 3.65. The van der Waals surface area contributed by atoms with Gasteiger partial charge in [-0.1, -0.05) is 38.1 Å². The molecular weight excluding hydrogens is 174 g/mol. The van der Waals surface area contributed by atoms with Crippen molar-refractivity contribution in [2.24, 2.45) is 5.73 Å². The molecule has 0 aliphatic heterocycles. The zero-order chi connectivity index (χ0) is 10.6. The van der Waals surface area contributed by atoms with E-state index >= 15 is 0 Å². The Balaban J connectivity index is 2.96. The van der Waals surface area contributed by atoms with Gasteiger partial charge in [-0.15, -0.1) is 0 Å². The molecule has 2 heteroatoms. The molecule has 0 heterocycles. The van der Waals surface area contributed by atoms with Crippen LogP contribution in [0.25, 0.3) is 0 Å². The molecule has 0 aromatic heterocycles. The summed E-state index contributed by atoms with van der Waals surface area (Å²) < 4.78 is 0. The number of carbonyl (C=O) groups is 1. The van der Waals surface area contributed by atoms with Gasteiger partial charge in [-0.3, -0.25) is 4.79 Å². The molecule has 0 fully saturated rings. The molecule has 0 aliphatic rings. The lowest BCUT2D eigenvalue weighted by Crippen LogP contribution is -2.15. The number of hydrogen-bond acceptors (Lipinski definition) is 1. The first kappa shape index (κ1) is 10.8. The van der Waals surface area contributed by atoms with Crippen molar-refractivity contribution in [3.8, 4) is 0 Å². The first-order valence-electron chi connectivity index (χ1n) is 5.01. The monoisotopic (exact) mass is 191 g/mol. The Bertz CT molecular complexity index is 320. The van der Waals surface area contributed by atoms with Gasteiger partial charge < -0.3 is 5.73 Å². The average Bonchev–Trinajstić information content (AvgIpc) is 2.16. The molecule has 1 unspecified atom stereocenters. The van der Waals surface area contributed by atoms with Crippen LogP contribution in [0, 0.1) is 0 Å². The summed E-state index contributed by atoms with van der Waals surface area (Å²) in [6, 6.07) is 8.01. The summed E-state index contributed by atoms with van der Waals surface area (Å²) in [6.07, 6.45) is 1.43. The third-order valence-corrected chi connectivity index (χ3v) is 2.56. The van der Waals surface area contributed by atoms with Gasteiger partial charge in [0.05, 0.1) is 6.42 Å². The summed E-state index contributed by atoms with van der Waals surface area (Å²) in [5.41, 5.74) is 7.50. The lowest BCUT2D eigenvalue weighted by atomic mass is 9.92. The van der Waals surface area contributed by atoms with Crippen LogP contribution < -0.4 is 5.73 Å². The quantitative estimate of drug-likeness (QED) is 0.779. The van der Waals surface area contributed by atoms with E-state index in [0.29, 0.717) is 12.3 Å². The second kappa shape index (κ2) is 4.80. The molecule has 1 aromatic carbocycles. The van der Waals surface area contributed by atoms with E-state index in [1.807, 2.05) is 18.2 Å². The maximum Gasteiger partial charge on any atom is 0.221 e. The van der Waals surface area contributed by atoms with Crippen LogP contribution in [0.15, 0.2) is 24.3 Å². The lowest BCUT2D eigenvalue weighted by Gasteiger charge is -2.13. The second-order valence-corrected chi connectivity index (χ2v) is 3.65. The number of benzene rings is 1. The summed E-state index contributed by atoms with van der Waals surface area (Å²) in [4.78, 5) is 10.9. The van der Waals surface area contributed by atoms with Crippen molar-refractivity contribution in [3.63, 3.8) is 0 Å². The number of amides is 1. The van der Waals surface area contributed by atoms with E-state index in [-0.39, 0.29) is 5.91 Å². The highest BCUT2D eigenvalue weighted by atomic mass is 16.1. The molecule has 1 atom stereocenters. The molecule has 0 spiro atoms. The number of hydrogen-bond donors (Lipinski definition) is 1. The van der Waals surface area contributed by atoms with Crippen LogP contribution in [-0.4, -0.2) is 5.91 Å². The fourth-order valence-corrected chi connectivity index (χ4v) is 1.58. The standard InChI is InChI=1S/C12H17NO/c1-3-9(2)11-7-5-4-6-10(11)8-12(13)14/h4-7,9H,3,8H2,1-2H3,(H2,13,14). The Kier molecular flexibility index (Phi) is 3.69. The molecule has 0 saturated heterocycles. The Morgan fingerprint density at radius 2 is 2.07 bits per heavy atom. The van der Waals surface area contributed by atoms with E-state index in [1.165, 1.54) is 5.56 Å². The zero-order valence-corrected chi connectivity index (χ0v) is 8.79. The van der Waals surface area contributed by atoms with Gasteiger partial charge in [0.2, 0.25) is 5.91 Å². The summed E-state index contributed by atoms with van der Waals surface area (Å²) >= 11 is 0. The molecule has 14 heavy (non-hydrogen) atoms. The fraction of sp³-hybridized carbons (Fsp3) is 0.417. The molecule has 2 nitrogen and oxygen atoms in total. The van der Waals surface area contributed by atoms with Crippen molar-refractivity contribution < 1.29 is 4.79 Å². The van der Waals surface area contributed by atoms with Gasteiger partial charge in [0.1, 0.15) is 0 Å². The van der Waals surface area contributed by atoms with Crippen LogP contribution in [0.5, 0.6) is 0 Å². The minimum atomic E-state index is -0.263. The van der Waals surface area contributed by atoms with Crippen molar-refractivity contribution in [1.82, 2.24) is 0 Å². The first-order valence-corrected chi connectivity index (χ1v) is 5.01. The summed E-state index contributed by atoms with van der Waals surface area (Å²) in [7, 11) is 0. The molecule has 1 rings (SSSR count). The number of nitrogens with two attached hydrogens (primary N) is 1. The van der Waals surface area contributed by atoms with Crippen LogP contribution in [0.4, 0.5) is 0 Å². The Labute approximate surface area is 85.1 Å². The molecule has 2 N–H and O–H groups in total. The van der Waals surface area contributed by atoms with Gasteiger partial charge in [-0.2, -0.15) is 0 Å². The molecule has 0 radical (unpaired) electrons. The predicted molar refractivity (Wildman–Crippen MR) is 58.0 cm³/mol. The predicted octanol–water partition coefficient (Wildman–Crippen LogP) is 2.23. The van der Waals surface area contributed by atoms with Crippen molar-refractivity contribution in [1.29, 1.82) is 0 Å². The van der Waals surface area contributed by atoms with Crippen molar-refractivity contribution >= 4 is 5.91 Å². The number of carbonyl (C=O) groups excluding carboxylic acids is 1. The van der Waals surface area contributed by atoms with E-state index in [0.717, 1.165) is 12.0 Å². The summed E-state index contributed by atoms with van der Waals surface area (Å²) in [5, 5.41) is 0. The zero-order valence-electron chi connectivity index (χ0n) is 8.79. The molecule has 76 valence electrons. The molecule has 0 aliphatic carbocycles. The maximum absolute atomic E-state index is 10.9. The average molecular weight is 191 g/mol. The largest absolute Gasteiger partial charge is 0.369 e. The van der Waals surface area contributed by atoms with E-state index in [1.54, 1.807) is 0 Å². The third-order valence-electron chi connectivity index (χ3n) is 2.56. The maximum atomic E-state index is 10.9. The molecule has 1 aromatic rings. The minimum Gasteiger partial charge on any atom is -0.369 e. The van der Waals surface area contributed by atoms with Crippen LogP contribution in [-0.2, 0) is 11.2 Å². The number of rotatable bonds is 4. The van der Waals surface area contributed by atoms with Gasteiger partial charge in [-0.05, 0) is 23.5 Å². The van der Waals surface area contributed by atoms with Gasteiger partial charge in [0.15, 0.2) is 0 Å². The molecule has 1 amide bonds. The topological polar surface area (TPSA) is 43.1 Å². The van der Waals surface area contributed by atoms with Crippen molar-refractivity contribution in [2.75, 3.05) is 0 Å². The SMILES string of the molecule is CCC(C)c1ccccc1CC(N)=O. The van der Waals surface area contributed by atoms with Crippen LogP contribution in [0.2, 0.25) is 0 Å². The van der Waals surface area contributed by atoms with Crippen LogP contribution in [0.1, 0.15) is 37.3 Å². The Morgan fingerprint density at radius 3 is 2.64 bits per heavy atom. The van der Waals surface area contributed by atoms with E-state index in [9.17, 15) is 4.79 Å². The highest BCUT2D eigenvalue weighted by Crippen LogP contribution is 2.22. The lowest BCUT2D eigenvalue weighted by molar-refractivity contribution is -0.117.